The maximum absolute atomic E-state index is 13.1. The van der Waals surface area contributed by atoms with Crippen LogP contribution in [0.15, 0.2) is 4.73 Å². The second-order valence-electron chi connectivity index (χ2n) is 9.47. The minimum Gasteiger partial charge on any atom is -0.444 e. The maximum atomic E-state index is 13.1. The molecule has 30 heavy (non-hydrogen) atoms. The summed E-state index contributed by atoms with van der Waals surface area (Å²) in [6.07, 6.45) is 0.267. The number of aromatic nitrogens is 2. The number of amides is 3. The Hall–Kier alpha value is -2.10. The highest BCUT2D eigenvalue weighted by atomic mass is 79.9. The van der Waals surface area contributed by atoms with Gasteiger partial charge in [-0.05, 0) is 48.5 Å². The van der Waals surface area contributed by atoms with Crippen LogP contribution in [0.25, 0.3) is 0 Å². The van der Waals surface area contributed by atoms with Gasteiger partial charge in [-0.15, -0.1) is 0 Å². The van der Waals surface area contributed by atoms with E-state index in [9.17, 15) is 14.4 Å². The third kappa shape index (κ3) is 5.74. The lowest BCUT2D eigenvalue weighted by molar-refractivity contribution is -0.124. The summed E-state index contributed by atoms with van der Waals surface area (Å²) in [5, 5.41) is 5.40. The first kappa shape index (κ1) is 24.2. The summed E-state index contributed by atoms with van der Waals surface area (Å²) in [4.78, 5) is 44.0. The van der Waals surface area contributed by atoms with Gasteiger partial charge in [0, 0.05) is 20.1 Å². The number of halogens is 1. The molecule has 1 aliphatic rings. The number of carbonyl (C=O) groups is 3. The standard InChI is InChI=1S/C20H32BrN5O4/c1-19(2,3)14(16(28)22-7)24-15(27)13-12-11-25(18(29)30-20(4,5)6)9-8-10-26(12)17(21)23-13/h14H,8-11H2,1-7H3,(H,22,28)(H,24,27)/t14-/m1/s1. The van der Waals surface area contributed by atoms with Crippen LogP contribution in [0.4, 0.5) is 4.79 Å². The van der Waals surface area contributed by atoms with E-state index >= 15 is 0 Å². The van der Waals surface area contributed by atoms with Crippen LogP contribution in [-0.2, 0) is 22.6 Å². The minimum absolute atomic E-state index is 0.190. The van der Waals surface area contributed by atoms with Crippen molar-refractivity contribution in [2.75, 3.05) is 13.6 Å². The molecule has 0 aromatic carbocycles. The lowest BCUT2D eigenvalue weighted by atomic mass is 9.86. The molecule has 0 unspecified atom stereocenters. The van der Waals surface area contributed by atoms with Crippen LogP contribution in [0.2, 0.25) is 0 Å². The number of carbonyl (C=O) groups excluding carboxylic acids is 3. The molecule has 0 radical (unpaired) electrons. The molecule has 2 N–H and O–H groups in total. The first-order valence-electron chi connectivity index (χ1n) is 10.00. The summed E-state index contributed by atoms with van der Waals surface area (Å²) in [7, 11) is 1.53. The zero-order chi connectivity index (χ0) is 22.9. The molecule has 0 saturated heterocycles. The summed E-state index contributed by atoms with van der Waals surface area (Å²) >= 11 is 3.42. The fourth-order valence-corrected chi connectivity index (χ4v) is 3.78. The lowest BCUT2D eigenvalue weighted by Gasteiger charge is -2.30. The van der Waals surface area contributed by atoms with Gasteiger partial charge in [0.05, 0.1) is 12.2 Å². The van der Waals surface area contributed by atoms with E-state index in [1.165, 1.54) is 7.05 Å². The first-order valence-corrected chi connectivity index (χ1v) is 10.8. The maximum Gasteiger partial charge on any atom is 0.410 e. The number of rotatable bonds is 3. The smallest absolute Gasteiger partial charge is 0.410 e. The van der Waals surface area contributed by atoms with Crippen molar-refractivity contribution in [1.29, 1.82) is 0 Å². The number of ether oxygens (including phenoxy) is 1. The number of fused-ring (bicyclic) bond motifs is 1. The molecule has 9 nitrogen and oxygen atoms in total. The zero-order valence-corrected chi connectivity index (χ0v) is 20.3. The molecule has 2 rings (SSSR count). The molecule has 1 aromatic rings. The van der Waals surface area contributed by atoms with Gasteiger partial charge < -0.3 is 24.8 Å². The van der Waals surface area contributed by atoms with Crippen LogP contribution < -0.4 is 10.6 Å². The third-order valence-corrected chi connectivity index (χ3v) is 5.30. The second-order valence-corrected chi connectivity index (χ2v) is 10.2. The van der Waals surface area contributed by atoms with Gasteiger partial charge in [0.2, 0.25) is 5.91 Å². The molecular weight excluding hydrogens is 454 g/mol. The van der Waals surface area contributed by atoms with Gasteiger partial charge in [-0.2, -0.15) is 0 Å². The van der Waals surface area contributed by atoms with Crippen LogP contribution in [0.3, 0.4) is 0 Å². The van der Waals surface area contributed by atoms with Crippen molar-refractivity contribution in [3.05, 3.63) is 16.1 Å². The second kappa shape index (κ2) is 8.95. The predicted molar refractivity (Wildman–Crippen MR) is 116 cm³/mol. The van der Waals surface area contributed by atoms with Crippen molar-refractivity contribution in [2.45, 2.75) is 72.7 Å². The van der Waals surface area contributed by atoms with Gasteiger partial charge in [-0.1, -0.05) is 20.8 Å². The average Bonchev–Trinajstić information content (AvgIpc) is 2.79. The minimum atomic E-state index is -0.737. The summed E-state index contributed by atoms with van der Waals surface area (Å²) in [6, 6.07) is -0.737. The molecule has 0 spiro atoms. The summed E-state index contributed by atoms with van der Waals surface area (Å²) in [5.41, 5.74) is -0.313. The molecule has 0 aliphatic carbocycles. The van der Waals surface area contributed by atoms with E-state index in [4.69, 9.17) is 4.74 Å². The predicted octanol–water partition coefficient (Wildman–Crippen LogP) is 2.68. The Labute approximate surface area is 186 Å². The quantitative estimate of drug-likeness (QED) is 0.684. The van der Waals surface area contributed by atoms with Crippen molar-refractivity contribution in [3.63, 3.8) is 0 Å². The number of hydrogen-bond donors (Lipinski definition) is 2. The normalized spacial score (nSPS) is 15.7. The fourth-order valence-electron chi connectivity index (χ4n) is 3.21. The summed E-state index contributed by atoms with van der Waals surface area (Å²) in [5.74, 6) is -0.741. The Bertz CT molecular complexity index is 822. The lowest BCUT2D eigenvalue weighted by Crippen LogP contribution is -2.53. The van der Waals surface area contributed by atoms with Crippen LogP contribution in [0, 0.1) is 5.41 Å². The number of nitrogens with one attached hydrogen (secondary N) is 2. The van der Waals surface area contributed by atoms with Crippen molar-refractivity contribution in [1.82, 2.24) is 25.1 Å². The molecule has 2 heterocycles. The molecule has 168 valence electrons. The molecule has 1 aliphatic heterocycles. The summed E-state index contributed by atoms with van der Waals surface area (Å²) < 4.78 is 7.90. The largest absolute Gasteiger partial charge is 0.444 e. The molecule has 0 saturated carbocycles. The molecule has 0 bridgehead atoms. The molecule has 10 heteroatoms. The van der Waals surface area contributed by atoms with Gasteiger partial charge in [0.15, 0.2) is 10.4 Å². The Kier molecular flexibility index (Phi) is 7.21. The van der Waals surface area contributed by atoms with E-state index in [1.807, 2.05) is 46.1 Å². The van der Waals surface area contributed by atoms with Crippen LogP contribution in [0.5, 0.6) is 0 Å². The fraction of sp³-hybridized carbons (Fsp3) is 0.700. The van der Waals surface area contributed by atoms with Crippen molar-refractivity contribution in [2.24, 2.45) is 5.41 Å². The SMILES string of the molecule is CNC(=O)[C@@H](NC(=O)c1nc(Br)n2c1CN(C(=O)OC(C)(C)C)CCC2)C(C)(C)C. The van der Waals surface area contributed by atoms with E-state index < -0.39 is 29.1 Å². The monoisotopic (exact) mass is 485 g/mol. The Balaban J connectivity index is 2.33. The van der Waals surface area contributed by atoms with Gasteiger partial charge in [0.1, 0.15) is 11.6 Å². The number of likely N-dealkylation sites (N-methyl/N-ethyl adjacent to an activating group) is 1. The summed E-state index contributed by atoms with van der Waals surface area (Å²) in [6.45, 7) is 12.4. The molecule has 1 atom stereocenters. The molecule has 0 fully saturated rings. The van der Waals surface area contributed by atoms with E-state index in [0.717, 1.165) is 0 Å². The molecule has 1 aromatic heterocycles. The highest BCUT2D eigenvalue weighted by Crippen LogP contribution is 2.25. The third-order valence-electron chi connectivity index (χ3n) is 4.69. The van der Waals surface area contributed by atoms with Gasteiger partial charge >= 0.3 is 6.09 Å². The Morgan fingerprint density at radius 3 is 2.30 bits per heavy atom. The highest BCUT2D eigenvalue weighted by molar-refractivity contribution is 9.10. The number of imidazole rings is 1. The van der Waals surface area contributed by atoms with Crippen LogP contribution >= 0.6 is 15.9 Å². The Morgan fingerprint density at radius 2 is 1.77 bits per heavy atom. The molecular formula is C20H32BrN5O4. The number of hydrogen-bond acceptors (Lipinski definition) is 5. The van der Waals surface area contributed by atoms with Crippen LogP contribution in [-0.4, -0.2) is 57.6 Å². The van der Waals surface area contributed by atoms with Crippen molar-refractivity contribution < 1.29 is 19.1 Å². The van der Waals surface area contributed by atoms with Gasteiger partial charge in [-0.25, -0.2) is 9.78 Å². The zero-order valence-electron chi connectivity index (χ0n) is 18.8. The molecule has 3 amide bonds. The van der Waals surface area contributed by atoms with E-state index in [1.54, 1.807) is 4.90 Å². The van der Waals surface area contributed by atoms with Crippen LogP contribution in [0.1, 0.15) is 64.1 Å². The van der Waals surface area contributed by atoms with Crippen molar-refractivity contribution >= 4 is 33.8 Å². The highest BCUT2D eigenvalue weighted by Gasteiger charge is 2.35. The van der Waals surface area contributed by atoms with Crippen molar-refractivity contribution in [3.8, 4) is 0 Å². The first-order chi connectivity index (χ1) is 13.7. The number of nitrogens with zero attached hydrogens (tertiary/aromatic N) is 3. The average molecular weight is 486 g/mol. The van der Waals surface area contributed by atoms with E-state index in [2.05, 4.69) is 31.5 Å². The van der Waals surface area contributed by atoms with E-state index in [0.29, 0.717) is 29.9 Å². The topological polar surface area (TPSA) is 106 Å². The van der Waals surface area contributed by atoms with Gasteiger partial charge in [0.25, 0.3) is 5.91 Å². The van der Waals surface area contributed by atoms with Gasteiger partial charge in [-0.3, -0.25) is 9.59 Å². The Morgan fingerprint density at radius 1 is 1.13 bits per heavy atom. The van der Waals surface area contributed by atoms with E-state index in [-0.39, 0.29) is 18.1 Å².